The molecule has 0 aliphatic carbocycles. The Hall–Kier alpha value is -3.19. The molecule has 140 valence electrons. The Morgan fingerprint density at radius 2 is 1.82 bits per heavy atom. The van der Waals surface area contributed by atoms with Gasteiger partial charge in [0.1, 0.15) is 17.2 Å². The molecule has 0 fully saturated rings. The summed E-state index contributed by atoms with van der Waals surface area (Å²) in [5.41, 5.74) is 3.22. The molecule has 0 atom stereocenters. The Balaban J connectivity index is 1.67. The number of imidazole rings is 1. The van der Waals surface area contributed by atoms with Crippen molar-refractivity contribution in [2.24, 2.45) is 0 Å². The van der Waals surface area contributed by atoms with Gasteiger partial charge < -0.3 is 10.1 Å². The summed E-state index contributed by atoms with van der Waals surface area (Å²) < 4.78 is 14.6. The third kappa shape index (κ3) is 3.61. The maximum absolute atomic E-state index is 14.6. The lowest BCUT2D eigenvalue weighted by atomic mass is 10.0. The molecule has 2 aromatic heterocycles. The van der Waals surface area contributed by atoms with E-state index in [1.54, 1.807) is 24.3 Å². The predicted molar refractivity (Wildman–Crippen MR) is 108 cm³/mol. The van der Waals surface area contributed by atoms with E-state index in [4.69, 9.17) is 0 Å². The van der Waals surface area contributed by atoms with Crippen LogP contribution in [0.2, 0.25) is 0 Å². The molecule has 2 heterocycles. The van der Waals surface area contributed by atoms with Crippen LogP contribution < -0.4 is 0 Å². The molecule has 0 saturated heterocycles. The van der Waals surface area contributed by atoms with Crippen molar-refractivity contribution >= 4 is 28.7 Å². The van der Waals surface area contributed by atoms with Gasteiger partial charge in [0.2, 0.25) is 0 Å². The number of pyridine rings is 1. The zero-order valence-electron chi connectivity index (χ0n) is 14.9. The molecule has 0 bridgehead atoms. The van der Waals surface area contributed by atoms with Gasteiger partial charge in [-0.2, -0.15) is 0 Å². The van der Waals surface area contributed by atoms with Crippen LogP contribution in [0.4, 0.5) is 4.39 Å². The third-order valence-corrected chi connectivity index (χ3v) is 5.21. The van der Waals surface area contributed by atoms with Gasteiger partial charge in [-0.15, -0.1) is 0 Å². The van der Waals surface area contributed by atoms with E-state index in [0.29, 0.717) is 33.2 Å². The summed E-state index contributed by atoms with van der Waals surface area (Å²) in [6.45, 7) is 1.50. The molecule has 0 aliphatic rings. The number of phenols is 1. The molecular formula is C21H16FN3O2S. The van der Waals surface area contributed by atoms with Crippen molar-refractivity contribution in [2.45, 2.75) is 12.1 Å². The maximum Gasteiger partial charge on any atom is 0.179 e. The molecule has 0 saturated carbocycles. The van der Waals surface area contributed by atoms with Crippen LogP contribution in [0, 0.1) is 5.82 Å². The fourth-order valence-electron chi connectivity index (χ4n) is 2.86. The van der Waals surface area contributed by atoms with Crippen LogP contribution in [0.15, 0.2) is 59.8 Å². The number of hydrogen-bond donors (Lipinski definition) is 2. The molecular weight excluding hydrogens is 377 g/mol. The number of phenolic OH excluding ortho intramolecular Hbond substituents is 1. The number of para-hydroxylation sites is 1. The van der Waals surface area contributed by atoms with Crippen LogP contribution in [-0.4, -0.2) is 31.6 Å². The number of thioether (sulfide) groups is 1. The molecule has 0 radical (unpaired) electrons. The van der Waals surface area contributed by atoms with Crippen molar-refractivity contribution < 1.29 is 14.3 Å². The van der Waals surface area contributed by atoms with Crippen LogP contribution >= 0.6 is 11.8 Å². The summed E-state index contributed by atoms with van der Waals surface area (Å²) in [5.74, 6) is 0.0562. The monoisotopic (exact) mass is 393 g/mol. The number of carbonyl (C=O) groups is 1. The summed E-state index contributed by atoms with van der Waals surface area (Å²) >= 11 is 1.26. The van der Waals surface area contributed by atoms with Gasteiger partial charge >= 0.3 is 0 Å². The Bertz CT molecular complexity index is 1170. The first-order valence-corrected chi connectivity index (χ1v) is 9.57. The number of rotatable bonds is 5. The molecule has 4 rings (SSSR count). The number of carbonyl (C=O) groups excluding carboxylic acids is 1. The standard InChI is InChI=1S/C21H16FN3O2S/c1-12(26)11-28-21-23-17-10-16(22)19(24-20(17)25-21)14-8-6-13(7-9-14)15-4-2-3-5-18(15)27/h2-10,27H,11H2,1H3,(H,23,24,25). The van der Waals surface area contributed by atoms with Crippen molar-refractivity contribution in [1.29, 1.82) is 0 Å². The lowest BCUT2D eigenvalue weighted by molar-refractivity contribution is -0.114. The molecule has 2 aromatic carbocycles. The number of ketones is 1. The van der Waals surface area contributed by atoms with Crippen molar-refractivity contribution in [3.05, 3.63) is 60.4 Å². The average Bonchev–Trinajstić information content (AvgIpc) is 3.08. The first kappa shape index (κ1) is 18.2. The molecule has 0 amide bonds. The van der Waals surface area contributed by atoms with Gasteiger partial charge in [-0.1, -0.05) is 54.2 Å². The smallest absolute Gasteiger partial charge is 0.179 e. The first-order valence-electron chi connectivity index (χ1n) is 8.58. The maximum atomic E-state index is 14.6. The number of aromatic hydroxyl groups is 1. The second-order valence-electron chi connectivity index (χ2n) is 6.32. The number of nitrogens with one attached hydrogen (secondary N) is 1. The van der Waals surface area contributed by atoms with E-state index in [-0.39, 0.29) is 17.2 Å². The van der Waals surface area contributed by atoms with Gasteiger partial charge in [-0.05, 0) is 18.6 Å². The molecule has 0 aliphatic heterocycles. The molecule has 0 unspecified atom stereocenters. The minimum atomic E-state index is -0.463. The van der Waals surface area contributed by atoms with Crippen LogP contribution in [-0.2, 0) is 4.79 Å². The highest BCUT2D eigenvalue weighted by Gasteiger charge is 2.13. The van der Waals surface area contributed by atoms with E-state index in [1.165, 1.54) is 24.8 Å². The Morgan fingerprint density at radius 1 is 1.11 bits per heavy atom. The van der Waals surface area contributed by atoms with Crippen molar-refractivity contribution in [1.82, 2.24) is 15.0 Å². The molecule has 7 heteroatoms. The van der Waals surface area contributed by atoms with E-state index in [2.05, 4.69) is 15.0 Å². The number of halogens is 1. The Kier molecular flexibility index (Phi) is 4.83. The summed E-state index contributed by atoms with van der Waals surface area (Å²) in [5, 5.41) is 10.5. The van der Waals surface area contributed by atoms with Crippen molar-refractivity contribution in [2.75, 3.05) is 5.75 Å². The SMILES string of the molecule is CC(=O)CSc1nc2nc(-c3ccc(-c4ccccc4O)cc3)c(F)cc2[nH]1. The zero-order valence-corrected chi connectivity index (χ0v) is 15.8. The second kappa shape index (κ2) is 7.44. The molecule has 2 N–H and O–H groups in total. The highest BCUT2D eigenvalue weighted by Crippen LogP contribution is 2.31. The van der Waals surface area contributed by atoms with Gasteiger partial charge in [-0.25, -0.2) is 14.4 Å². The number of benzene rings is 2. The topological polar surface area (TPSA) is 78.9 Å². The third-order valence-electron chi connectivity index (χ3n) is 4.19. The lowest BCUT2D eigenvalue weighted by Crippen LogP contribution is -1.93. The Morgan fingerprint density at radius 3 is 2.54 bits per heavy atom. The van der Waals surface area contributed by atoms with Gasteiger partial charge in [-0.3, -0.25) is 4.79 Å². The lowest BCUT2D eigenvalue weighted by Gasteiger charge is -2.07. The second-order valence-corrected chi connectivity index (χ2v) is 7.28. The average molecular weight is 393 g/mol. The number of nitrogens with zero attached hydrogens (tertiary/aromatic N) is 2. The van der Waals surface area contributed by atoms with Crippen LogP contribution in [0.3, 0.4) is 0 Å². The number of fused-ring (bicyclic) bond motifs is 1. The number of hydrogen-bond acceptors (Lipinski definition) is 5. The molecule has 5 nitrogen and oxygen atoms in total. The fraction of sp³-hybridized carbons (Fsp3) is 0.0952. The van der Waals surface area contributed by atoms with Crippen molar-refractivity contribution in [3.63, 3.8) is 0 Å². The summed E-state index contributed by atoms with van der Waals surface area (Å²) in [7, 11) is 0. The number of aromatic nitrogens is 3. The summed E-state index contributed by atoms with van der Waals surface area (Å²) in [4.78, 5) is 22.8. The largest absolute Gasteiger partial charge is 0.507 e. The predicted octanol–water partition coefficient (Wildman–Crippen LogP) is 4.82. The van der Waals surface area contributed by atoms with E-state index in [9.17, 15) is 14.3 Å². The number of Topliss-reactive ketones (excluding diaryl/α,β-unsaturated/α-hetero) is 1. The van der Waals surface area contributed by atoms with Gasteiger partial charge in [0.15, 0.2) is 16.6 Å². The molecule has 4 aromatic rings. The molecule has 28 heavy (non-hydrogen) atoms. The van der Waals surface area contributed by atoms with E-state index >= 15 is 0 Å². The van der Waals surface area contributed by atoms with Crippen LogP contribution in [0.25, 0.3) is 33.5 Å². The zero-order chi connectivity index (χ0) is 19.7. The first-order chi connectivity index (χ1) is 13.5. The van der Waals surface area contributed by atoms with E-state index in [0.717, 1.165) is 5.56 Å². The minimum Gasteiger partial charge on any atom is -0.507 e. The number of H-pyrrole nitrogens is 1. The highest BCUT2D eigenvalue weighted by atomic mass is 32.2. The highest BCUT2D eigenvalue weighted by molar-refractivity contribution is 7.99. The molecule has 0 spiro atoms. The van der Waals surface area contributed by atoms with E-state index in [1.807, 2.05) is 24.3 Å². The normalized spacial score (nSPS) is 11.1. The Labute approximate surface area is 164 Å². The van der Waals surface area contributed by atoms with E-state index < -0.39 is 5.82 Å². The minimum absolute atomic E-state index is 0.0369. The van der Waals surface area contributed by atoms with Crippen LogP contribution in [0.5, 0.6) is 5.75 Å². The number of aromatic amines is 1. The van der Waals surface area contributed by atoms with Crippen LogP contribution in [0.1, 0.15) is 6.92 Å². The van der Waals surface area contributed by atoms with Gasteiger partial charge in [0, 0.05) is 17.2 Å². The van der Waals surface area contributed by atoms with Crippen molar-refractivity contribution in [3.8, 4) is 28.1 Å². The quantitative estimate of drug-likeness (QED) is 0.475. The fourth-order valence-corrected chi connectivity index (χ4v) is 3.54. The summed E-state index contributed by atoms with van der Waals surface area (Å²) in [6, 6.07) is 15.6. The van der Waals surface area contributed by atoms with Gasteiger partial charge in [0.05, 0.1) is 11.3 Å². The van der Waals surface area contributed by atoms with Gasteiger partial charge in [0.25, 0.3) is 0 Å². The summed E-state index contributed by atoms with van der Waals surface area (Å²) in [6.07, 6.45) is 0.